The van der Waals surface area contributed by atoms with E-state index in [1.807, 2.05) is 17.2 Å². The first-order valence-corrected chi connectivity index (χ1v) is 7.99. The Morgan fingerprint density at radius 1 is 1.25 bits per heavy atom. The maximum atomic E-state index is 11.3. The van der Waals surface area contributed by atoms with Crippen LogP contribution in [0.25, 0.3) is 0 Å². The fraction of sp³-hybridized carbons (Fsp3) is 0.353. The van der Waals surface area contributed by atoms with E-state index in [0.29, 0.717) is 11.4 Å². The van der Waals surface area contributed by atoms with E-state index in [2.05, 4.69) is 22.9 Å². The monoisotopic (exact) mass is 327 g/mol. The van der Waals surface area contributed by atoms with Gasteiger partial charge in [-0.15, -0.1) is 0 Å². The van der Waals surface area contributed by atoms with E-state index in [1.165, 1.54) is 11.6 Å². The fourth-order valence-electron chi connectivity index (χ4n) is 3.13. The van der Waals surface area contributed by atoms with Crippen molar-refractivity contribution in [1.29, 1.82) is 0 Å². The van der Waals surface area contributed by atoms with Crippen LogP contribution >= 0.6 is 0 Å². The molecule has 0 radical (unpaired) electrons. The average Bonchev–Trinajstić information content (AvgIpc) is 2.61. The molecule has 0 aliphatic carbocycles. The molecule has 0 spiro atoms. The Bertz CT molecular complexity index is 714. The SMILES string of the molecule is C[C@H](c1cccnc1)N1CCN(c2cc(N)ccc2[N+](=O)[O-])CC1. The lowest BCUT2D eigenvalue weighted by Gasteiger charge is -2.39. The predicted molar refractivity (Wildman–Crippen MR) is 93.9 cm³/mol. The lowest BCUT2D eigenvalue weighted by Crippen LogP contribution is -2.47. The zero-order valence-corrected chi connectivity index (χ0v) is 13.6. The molecule has 2 N–H and O–H groups in total. The van der Waals surface area contributed by atoms with Crippen LogP contribution in [0.4, 0.5) is 17.1 Å². The summed E-state index contributed by atoms with van der Waals surface area (Å²) < 4.78 is 0. The predicted octanol–water partition coefficient (Wildman–Crippen LogP) is 2.46. The number of pyridine rings is 1. The highest BCUT2D eigenvalue weighted by Crippen LogP contribution is 2.32. The first-order chi connectivity index (χ1) is 11.6. The number of hydrogen-bond donors (Lipinski definition) is 1. The Balaban J connectivity index is 1.72. The Labute approximate surface area is 140 Å². The molecule has 1 aliphatic heterocycles. The van der Waals surface area contributed by atoms with Crippen molar-refractivity contribution >= 4 is 17.1 Å². The first-order valence-electron chi connectivity index (χ1n) is 7.99. The molecule has 2 aromatic rings. The van der Waals surface area contributed by atoms with E-state index in [-0.39, 0.29) is 16.7 Å². The van der Waals surface area contributed by atoms with Crippen molar-refractivity contribution in [3.05, 3.63) is 58.4 Å². The van der Waals surface area contributed by atoms with Gasteiger partial charge in [-0.3, -0.25) is 20.0 Å². The summed E-state index contributed by atoms with van der Waals surface area (Å²) in [4.78, 5) is 19.5. The molecular formula is C17H21N5O2. The number of aromatic nitrogens is 1. The van der Waals surface area contributed by atoms with Gasteiger partial charge in [-0.1, -0.05) is 6.07 Å². The Hall–Kier alpha value is -2.67. The highest BCUT2D eigenvalue weighted by molar-refractivity contribution is 5.68. The van der Waals surface area contributed by atoms with Crippen molar-refractivity contribution in [3.63, 3.8) is 0 Å². The van der Waals surface area contributed by atoms with E-state index < -0.39 is 0 Å². The van der Waals surface area contributed by atoms with Crippen LogP contribution in [0, 0.1) is 10.1 Å². The van der Waals surface area contributed by atoms with Crippen LogP contribution in [0.3, 0.4) is 0 Å². The van der Waals surface area contributed by atoms with Crippen molar-refractivity contribution in [2.75, 3.05) is 36.8 Å². The minimum atomic E-state index is -0.348. The Kier molecular flexibility index (Phi) is 4.61. The molecule has 3 rings (SSSR count). The average molecular weight is 327 g/mol. The quantitative estimate of drug-likeness (QED) is 0.527. The van der Waals surface area contributed by atoms with Crippen molar-refractivity contribution < 1.29 is 4.92 Å². The van der Waals surface area contributed by atoms with Crippen LogP contribution in [0.2, 0.25) is 0 Å². The van der Waals surface area contributed by atoms with Gasteiger partial charge in [-0.25, -0.2) is 0 Å². The zero-order valence-electron chi connectivity index (χ0n) is 13.6. The molecule has 1 aliphatic rings. The smallest absolute Gasteiger partial charge is 0.292 e. The van der Waals surface area contributed by atoms with Crippen LogP contribution in [0.15, 0.2) is 42.7 Å². The van der Waals surface area contributed by atoms with Gasteiger partial charge in [0, 0.05) is 56.4 Å². The highest BCUT2D eigenvalue weighted by Gasteiger charge is 2.26. The summed E-state index contributed by atoms with van der Waals surface area (Å²) in [7, 11) is 0. The third kappa shape index (κ3) is 3.30. The normalized spacial score (nSPS) is 16.8. The van der Waals surface area contributed by atoms with Crippen LogP contribution in [-0.4, -0.2) is 41.0 Å². The number of nitrogens with two attached hydrogens (primary N) is 1. The van der Waals surface area contributed by atoms with Gasteiger partial charge in [0.25, 0.3) is 5.69 Å². The van der Waals surface area contributed by atoms with Crippen molar-refractivity contribution in [2.24, 2.45) is 0 Å². The number of anilines is 2. The molecule has 0 unspecified atom stereocenters. The third-order valence-electron chi connectivity index (χ3n) is 4.57. The second-order valence-electron chi connectivity index (χ2n) is 5.99. The lowest BCUT2D eigenvalue weighted by molar-refractivity contribution is -0.384. The van der Waals surface area contributed by atoms with Crippen LogP contribution in [0.1, 0.15) is 18.5 Å². The first kappa shape index (κ1) is 16.2. The number of hydrogen-bond acceptors (Lipinski definition) is 6. The molecule has 0 saturated carbocycles. The molecular weight excluding hydrogens is 306 g/mol. The molecule has 24 heavy (non-hydrogen) atoms. The number of nitro benzene ring substituents is 1. The largest absolute Gasteiger partial charge is 0.399 e. The van der Waals surface area contributed by atoms with Gasteiger partial charge < -0.3 is 10.6 Å². The highest BCUT2D eigenvalue weighted by atomic mass is 16.6. The van der Waals surface area contributed by atoms with Gasteiger partial charge in [-0.05, 0) is 30.7 Å². The molecule has 7 nitrogen and oxygen atoms in total. The molecule has 0 bridgehead atoms. The van der Waals surface area contributed by atoms with Crippen LogP contribution in [0.5, 0.6) is 0 Å². The van der Waals surface area contributed by atoms with Crippen molar-refractivity contribution in [3.8, 4) is 0 Å². The van der Waals surface area contributed by atoms with Gasteiger partial charge in [0.05, 0.1) is 4.92 Å². The number of piperazine rings is 1. The fourth-order valence-corrected chi connectivity index (χ4v) is 3.13. The molecule has 1 fully saturated rings. The van der Waals surface area contributed by atoms with Gasteiger partial charge in [-0.2, -0.15) is 0 Å². The van der Waals surface area contributed by atoms with Gasteiger partial charge in [0.2, 0.25) is 0 Å². The summed E-state index contributed by atoms with van der Waals surface area (Å²) in [5.74, 6) is 0. The maximum absolute atomic E-state index is 11.3. The molecule has 1 saturated heterocycles. The molecule has 2 heterocycles. The number of benzene rings is 1. The van der Waals surface area contributed by atoms with Gasteiger partial charge >= 0.3 is 0 Å². The Morgan fingerprint density at radius 3 is 2.62 bits per heavy atom. The minimum Gasteiger partial charge on any atom is -0.399 e. The molecule has 1 atom stereocenters. The van der Waals surface area contributed by atoms with E-state index >= 15 is 0 Å². The van der Waals surface area contributed by atoms with E-state index in [1.54, 1.807) is 18.3 Å². The number of rotatable bonds is 4. The molecule has 1 aromatic heterocycles. The molecule has 126 valence electrons. The number of nitro groups is 1. The number of nitrogen functional groups attached to an aromatic ring is 1. The standard InChI is InChI=1S/C17H21N5O2/c1-13(14-3-2-6-19-12-14)20-7-9-21(10-8-20)17-11-15(18)4-5-16(17)22(23)24/h2-6,11-13H,7-10,18H2,1H3/t13-/m1/s1. The van der Waals surface area contributed by atoms with Crippen molar-refractivity contribution in [2.45, 2.75) is 13.0 Å². The minimum absolute atomic E-state index is 0.109. The summed E-state index contributed by atoms with van der Waals surface area (Å²) in [5, 5.41) is 11.3. The van der Waals surface area contributed by atoms with E-state index in [4.69, 9.17) is 5.73 Å². The maximum Gasteiger partial charge on any atom is 0.292 e. The summed E-state index contributed by atoms with van der Waals surface area (Å²) in [6.07, 6.45) is 3.66. The summed E-state index contributed by atoms with van der Waals surface area (Å²) in [6, 6.07) is 9.04. The second-order valence-corrected chi connectivity index (χ2v) is 5.99. The van der Waals surface area contributed by atoms with E-state index in [0.717, 1.165) is 26.2 Å². The summed E-state index contributed by atoms with van der Waals surface area (Å²) in [6.45, 7) is 5.30. The molecule has 7 heteroatoms. The Morgan fingerprint density at radius 2 is 2.00 bits per heavy atom. The zero-order chi connectivity index (χ0) is 17.1. The van der Waals surface area contributed by atoms with Crippen LogP contribution < -0.4 is 10.6 Å². The third-order valence-corrected chi connectivity index (χ3v) is 4.57. The van der Waals surface area contributed by atoms with Crippen LogP contribution in [-0.2, 0) is 0 Å². The number of nitrogens with zero attached hydrogens (tertiary/aromatic N) is 4. The van der Waals surface area contributed by atoms with E-state index in [9.17, 15) is 10.1 Å². The van der Waals surface area contributed by atoms with Crippen molar-refractivity contribution in [1.82, 2.24) is 9.88 Å². The topological polar surface area (TPSA) is 88.5 Å². The summed E-state index contributed by atoms with van der Waals surface area (Å²) >= 11 is 0. The molecule has 1 aromatic carbocycles. The summed E-state index contributed by atoms with van der Waals surface area (Å²) in [5.41, 5.74) is 8.26. The second kappa shape index (κ2) is 6.84. The van der Waals surface area contributed by atoms with Gasteiger partial charge in [0.15, 0.2) is 0 Å². The van der Waals surface area contributed by atoms with Gasteiger partial charge in [0.1, 0.15) is 5.69 Å². The lowest BCUT2D eigenvalue weighted by atomic mass is 10.1. The molecule has 0 amide bonds.